The van der Waals surface area contributed by atoms with Gasteiger partial charge in [-0.1, -0.05) is 66.7 Å². The van der Waals surface area contributed by atoms with Crippen molar-refractivity contribution < 1.29 is 4.79 Å². The summed E-state index contributed by atoms with van der Waals surface area (Å²) in [5.41, 5.74) is 7.35. The molecule has 0 saturated carbocycles. The Balaban J connectivity index is 1.45. The van der Waals surface area contributed by atoms with Gasteiger partial charge in [0.25, 0.3) is 0 Å². The van der Waals surface area contributed by atoms with Crippen LogP contribution in [0.4, 0.5) is 5.69 Å². The van der Waals surface area contributed by atoms with E-state index >= 15 is 0 Å². The summed E-state index contributed by atoms with van der Waals surface area (Å²) in [7, 11) is 0. The molecule has 3 heteroatoms. The van der Waals surface area contributed by atoms with E-state index in [9.17, 15) is 10.1 Å². The summed E-state index contributed by atoms with van der Waals surface area (Å²) in [4.78, 5) is 15.0. The number of Topliss-reactive ketones (excluding diaryl/α,β-unsaturated/α-hetero) is 1. The number of nitriles is 1. The number of anilines is 1. The van der Waals surface area contributed by atoms with Gasteiger partial charge in [-0.05, 0) is 41.2 Å². The molecule has 3 aromatic rings. The molecule has 1 heterocycles. The molecule has 0 radical (unpaired) electrons. The highest BCUT2D eigenvalue weighted by Gasteiger charge is 2.30. The summed E-state index contributed by atoms with van der Waals surface area (Å²) in [5, 5.41) is 9.57. The van der Waals surface area contributed by atoms with Crippen LogP contribution in [0.2, 0.25) is 0 Å². The first-order chi connectivity index (χ1) is 14.3. The van der Waals surface area contributed by atoms with Crippen LogP contribution >= 0.6 is 0 Å². The zero-order valence-corrected chi connectivity index (χ0v) is 16.1. The third kappa shape index (κ3) is 2.94. The maximum absolute atomic E-state index is 12.6. The van der Waals surface area contributed by atoms with Gasteiger partial charge in [0.1, 0.15) is 11.6 Å². The molecule has 1 aliphatic heterocycles. The lowest BCUT2D eigenvalue weighted by Crippen LogP contribution is -2.28. The zero-order chi connectivity index (χ0) is 19.8. The Labute approximate surface area is 170 Å². The molecular weight excluding hydrogens is 356 g/mol. The van der Waals surface area contributed by atoms with E-state index in [1.807, 2.05) is 30.3 Å². The second kappa shape index (κ2) is 7.07. The van der Waals surface area contributed by atoms with Crippen LogP contribution in [0.3, 0.4) is 0 Å². The summed E-state index contributed by atoms with van der Waals surface area (Å²) < 4.78 is 0. The third-order valence-corrected chi connectivity index (χ3v) is 5.85. The van der Waals surface area contributed by atoms with Gasteiger partial charge in [0.05, 0.1) is 0 Å². The average molecular weight is 376 g/mol. The number of rotatable bonds is 3. The third-order valence-electron chi connectivity index (χ3n) is 5.85. The number of fused-ring (bicyclic) bond motifs is 2. The molecule has 0 amide bonds. The van der Waals surface area contributed by atoms with Crippen molar-refractivity contribution in [2.24, 2.45) is 0 Å². The molecule has 2 aliphatic rings. The van der Waals surface area contributed by atoms with Crippen molar-refractivity contribution in [3.63, 3.8) is 0 Å². The lowest BCUT2D eigenvalue weighted by Gasteiger charge is -2.31. The minimum Gasteiger partial charge on any atom is -0.367 e. The summed E-state index contributed by atoms with van der Waals surface area (Å²) in [6.07, 6.45) is 2.32. The summed E-state index contributed by atoms with van der Waals surface area (Å²) in [6, 6.07) is 26.5. The number of allylic oxidation sites excluding steroid dienone is 1. The molecule has 0 fully saturated rings. The lowest BCUT2D eigenvalue weighted by atomic mass is 9.96. The Morgan fingerprint density at radius 2 is 1.62 bits per heavy atom. The van der Waals surface area contributed by atoms with Crippen LogP contribution in [-0.2, 0) is 13.0 Å². The van der Waals surface area contributed by atoms with Crippen molar-refractivity contribution in [1.82, 2.24) is 0 Å². The fourth-order valence-corrected chi connectivity index (χ4v) is 4.46. The average Bonchev–Trinajstić information content (AvgIpc) is 3.06. The summed E-state index contributed by atoms with van der Waals surface area (Å²) in [5.74, 6) is -0.174. The van der Waals surface area contributed by atoms with Crippen molar-refractivity contribution in [3.05, 3.63) is 106 Å². The van der Waals surface area contributed by atoms with Crippen molar-refractivity contribution in [3.8, 4) is 6.07 Å². The van der Waals surface area contributed by atoms with Gasteiger partial charge in [0.15, 0.2) is 0 Å². The van der Waals surface area contributed by atoms with Gasteiger partial charge >= 0.3 is 0 Å². The SMILES string of the molecule is N#CC1=C(c2ccc(CN3CCCc4ccccc43)cc2)c2ccccc2C1=O. The molecule has 3 nitrogen and oxygen atoms in total. The fourth-order valence-electron chi connectivity index (χ4n) is 4.46. The molecule has 0 atom stereocenters. The van der Waals surface area contributed by atoms with Crippen molar-refractivity contribution in [2.45, 2.75) is 19.4 Å². The molecule has 29 heavy (non-hydrogen) atoms. The molecule has 0 N–H and O–H groups in total. The van der Waals surface area contributed by atoms with E-state index in [4.69, 9.17) is 0 Å². The first kappa shape index (κ1) is 17.5. The normalized spacial score (nSPS) is 15.1. The molecule has 0 spiro atoms. The quantitative estimate of drug-likeness (QED) is 0.634. The number of hydrogen-bond donors (Lipinski definition) is 0. The zero-order valence-electron chi connectivity index (χ0n) is 16.1. The Morgan fingerprint density at radius 3 is 2.41 bits per heavy atom. The molecule has 0 aromatic heterocycles. The van der Waals surface area contributed by atoms with E-state index in [-0.39, 0.29) is 11.4 Å². The molecule has 1 aliphatic carbocycles. The number of carbonyl (C=O) groups is 1. The van der Waals surface area contributed by atoms with Crippen LogP contribution in [0.25, 0.3) is 5.57 Å². The van der Waals surface area contributed by atoms with Gasteiger partial charge < -0.3 is 4.90 Å². The van der Waals surface area contributed by atoms with Crippen LogP contribution in [0, 0.1) is 11.3 Å². The van der Waals surface area contributed by atoms with Crippen molar-refractivity contribution in [2.75, 3.05) is 11.4 Å². The Morgan fingerprint density at radius 1 is 0.897 bits per heavy atom. The second-order valence-electron chi connectivity index (χ2n) is 7.59. The smallest absolute Gasteiger partial charge is 0.204 e. The van der Waals surface area contributed by atoms with Gasteiger partial charge in [-0.25, -0.2) is 0 Å². The number of nitrogens with zero attached hydrogens (tertiary/aromatic N) is 2. The van der Waals surface area contributed by atoms with Crippen LogP contribution in [0.15, 0.2) is 78.4 Å². The molecule has 0 unspecified atom stereocenters. The molecule has 0 bridgehead atoms. The van der Waals surface area contributed by atoms with E-state index in [2.05, 4.69) is 47.4 Å². The van der Waals surface area contributed by atoms with E-state index in [0.717, 1.165) is 36.2 Å². The minimum atomic E-state index is -0.174. The van der Waals surface area contributed by atoms with Gasteiger partial charge in [-0.3, -0.25) is 4.79 Å². The maximum Gasteiger partial charge on any atom is 0.204 e. The number of aryl methyl sites for hydroxylation is 1. The van der Waals surface area contributed by atoms with E-state index < -0.39 is 0 Å². The van der Waals surface area contributed by atoms with Gasteiger partial charge in [-0.15, -0.1) is 0 Å². The number of hydrogen-bond acceptors (Lipinski definition) is 3. The summed E-state index contributed by atoms with van der Waals surface area (Å²) in [6.45, 7) is 1.92. The van der Waals surface area contributed by atoms with E-state index in [1.54, 1.807) is 6.07 Å². The van der Waals surface area contributed by atoms with Crippen molar-refractivity contribution in [1.29, 1.82) is 5.26 Å². The van der Waals surface area contributed by atoms with E-state index in [0.29, 0.717) is 5.56 Å². The number of para-hydroxylation sites is 1. The van der Waals surface area contributed by atoms with Gasteiger partial charge in [-0.2, -0.15) is 5.26 Å². The standard InChI is InChI=1S/C26H20N2O/c27-16-23-25(21-8-2-3-9-22(21)26(23)29)20-13-11-18(12-14-20)17-28-15-5-7-19-6-1-4-10-24(19)28/h1-4,6,8-14H,5,7,15,17H2. The molecule has 5 rings (SSSR count). The highest BCUT2D eigenvalue weighted by Crippen LogP contribution is 2.37. The predicted octanol–water partition coefficient (Wildman–Crippen LogP) is 5.16. The van der Waals surface area contributed by atoms with Crippen LogP contribution in [-0.4, -0.2) is 12.3 Å². The molecule has 140 valence electrons. The molecule has 3 aromatic carbocycles. The van der Waals surface area contributed by atoms with Crippen molar-refractivity contribution >= 4 is 17.0 Å². The maximum atomic E-state index is 12.6. The lowest BCUT2D eigenvalue weighted by molar-refractivity contribution is 0.104. The Kier molecular flexibility index (Phi) is 4.26. The second-order valence-corrected chi connectivity index (χ2v) is 7.59. The highest BCUT2D eigenvalue weighted by molar-refractivity contribution is 6.25. The first-order valence-electron chi connectivity index (χ1n) is 9.97. The van der Waals surface area contributed by atoms with Crippen LogP contribution < -0.4 is 4.90 Å². The first-order valence-corrected chi connectivity index (χ1v) is 9.97. The Bertz CT molecular complexity index is 1180. The van der Waals surface area contributed by atoms with E-state index in [1.165, 1.54) is 23.2 Å². The monoisotopic (exact) mass is 376 g/mol. The largest absolute Gasteiger partial charge is 0.367 e. The van der Waals surface area contributed by atoms with Gasteiger partial charge in [0, 0.05) is 29.9 Å². The fraction of sp³-hybridized carbons (Fsp3) is 0.154. The summed E-state index contributed by atoms with van der Waals surface area (Å²) >= 11 is 0. The van der Waals surface area contributed by atoms with Crippen LogP contribution in [0.5, 0.6) is 0 Å². The molecular formula is C26H20N2O. The number of benzene rings is 3. The van der Waals surface area contributed by atoms with Gasteiger partial charge in [0.2, 0.25) is 5.78 Å². The minimum absolute atomic E-state index is 0.174. The van der Waals surface area contributed by atoms with Crippen LogP contribution in [0.1, 0.15) is 39.0 Å². The predicted molar refractivity (Wildman–Crippen MR) is 115 cm³/mol. The number of ketones is 1. The number of carbonyl (C=O) groups excluding carboxylic acids is 1. The molecule has 0 saturated heterocycles. The Hall–Kier alpha value is -3.64. The highest BCUT2D eigenvalue weighted by atomic mass is 16.1. The topological polar surface area (TPSA) is 44.1 Å².